The second kappa shape index (κ2) is 38.6. The first-order chi connectivity index (χ1) is 42.1. The summed E-state index contributed by atoms with van der Waals surface area (Å²) in [6.45, 7) is 47.7. The molecule has 1 unspecified atom stereocenters. The van der Waals surface area contributed by atoms with Crippen molar-refractivity contribution >= 4 is 69.8 Å². The number of hydrogen-bond acceptors (Lipinski definition) is 14. The molecule has 0 fully saturated rings. The summed E-state index contributed by atoms with van der Waals surface area (Å²) in [5.41, 5.74) is 25.5. The number of ketones is 1. The number of rotatable bonds is 24. The minimum absolute atomic E-state index is 0. The zero-order chi connectivity index (χ0) is 67.0. The predicted octanol–water partition coefficient (Wildman–Crippen LogP) is 15.6. The number of aromatic nitrogens is 7. The maximum atomic E-state index is 13.5. The summed E-state index contributed by atoms with van der Waals surface area (Å²) < 4.78 is 7.72. The molecule has 19 heteroatoms. The fourth-order valence-electron chi connectivity index (χ4n) is 10.2. The first kappa shape index (κ1) is 79.0. The van der Waals surface area contributed by atoms with Crippen molar-refractivity contribution in [2.75, 3.05) is 54.6 Å². The highest BCUT2D eigenvalue weighted by atomic mass is 35.5. The van der Waals surface area contributed by atoms with Crippen LogP contribution in [0, 0.1) is 31.6 Å². The maximum absolute atomic E-state index is 13.5. The van der Waals surface area contributed by atoms with Gasteiger partial charge in [0, 0.05) is 83.8 Å². The Hall–Kier alpha value is -7.08. The maximum Gasteiger partial charge on any atom is 0.316 e. The zero-order valence-corrected chi connectivity index (χ0v) is 59.8. The number of halogens is 1. The van der Waals surface area contributed by atoms with Gasteiger partial charge in [-0.05, 0) is 151 Å². The van der Waals surface area contributed by atoms with Gasteiger partial charge in [-0.25, -0.2) is 19.5 Å². The summed E-state index contributed by atoms with van der Waals surface area (Å²) in [6, 6.07) is 16.4. The summed E-state index contributed by atoms with van der Waals surface area (Å²) in [6.07, 6.45) is 8.15. The molecule has 6 aromatic rings. The molecule has 1 aliphatic rings. The Morgan fingerprint density at radius 1 is 0.633 bits per heavy atom. The third-order valence-electron chi connectivity index (χ3n) is 15.8. The van der Waals surface area contributed by atoms with Gasteiger partial charge in [0.15, 0.2) is 11.5 Å². The molecule has 1 atom stereocenters. The van der Waals surface area contributed by atoms with Gasteiger partial charge in [0.25, 0.3) is 11.1 Å². The Kier molecular flexibility index (Phi) is 33.9. The van der Waals surface area contributed by atoms with E-state index in [1.165, 1.54) is 23.2 Å². The normalized spacial score (nSPS) is 12.4. The van der Waals surface area contributed by atoms with Crippen molar-refractivity contribution in [1.82, 2.24) is 34.5 Å². The number of H-pyrrole nitrogens is 2. The molecular formula is C71H114ClN13O5. The highest BCUT2D eigenvalue weighted by Crippen LogP contribution is 2.29. The summed E-state index contributed by atoms with van der Waals surface area (Å²) in [7, 11) is 1.33. The largest absolute Gasteiger partial charge is 0.468 e. The summed E-state index contributed by atoms with van der Waals surface area (Å²) in [4.78, 5) is 68.5. The van der Waals surface area contributed by atoms with Crippen molar-refractivity contribution in [3.05, 3.63) is 120 Å². The van der Waals surface area contributed by atoms with E-state index in [0.717, 1.165) is 145 Å². The highest BCUT2D eigenvalue weighted by molar-refractivity contribution is 6.49. The van der Waals surface area contributed by atoms with E-state index in [1.54, 1.807) is 4.52 Å². The molecule has 6 N–H and O–H groups in total. The number of unbranched alkanes of at least 4 members (excludes halogenated alkanes) is 3. The Morgan fingerprint density at radius 2 is 1.14 bits per heavy atom. The van der Waals surface area contributed by atoms with Crippen LogP contribution in [0.15, 0.2) is 68.2 Å². The smallest absolute Gasteiger partial charge is 0.316 e. The van der Waals surface area contributed by atoms with Crippen LogP contribution in [0.5, 0.6) is 0 Å². The van der Waals surface area contributed by atoms with Crippen molar-refractivity contribution in [2.45, 2.75) is 227 Å². The molecule has 0 aliphatic carbocycles. The van der Waals surface area contributed by atoms with Crippen molar-refractivity contribution in [3.8, 4) is 0 Å². The molecule has 2 aromatic carbocycles. The number of ether oxygens (including phenoxy) is 1. The van der Waals surface area contributed by atoms with Crippen LogP contribution in [0.4, 0.5) is 28.6 Å². The quantitative estimate of drug-likeness (QED) is 0.0251. The standard InChI is InChI=1S/C27H39N5O.C16H25N3O.C11H18N2.C11H20O3.C6H11N3.ClH/c1-9-12-13-21-23(17(4)5)29-26-25(24(18(6)7)30-32(26)27(21)33)28-22-15-14-20(16-19(22)8)31(10-2)11-3;1-6-7-8-12-15(11(4)5)17-14-9-13(10(2)3)18-19(14)16(12)20;1-4-13(5-2)10-6-7-11(12)9(3)8-10;1-5-6-7-9(11(13)14-4)10(12)8(2)3;1-4(2)5-3-6(7)9-8-5;/h14-18H,9-13H2,1-8H3;9-11,18H,6-8H2,1-5H3;6-8H,4-5,12H2,1-3H3;8-9H,5-7H2,1-4H3;3-4H,1-2H3,(H3,7,8,9);1H. The number of aryl methyl sites for hydroxylation is 2. The summed E-state index contributed by atoms with van der Waals surface area (Å²) in [5, 5.41) is 14.5. The second-order valence-corrected chi connectivity index (χ2v) is 24.9. The number of methoxy groups -OCH3 is 1. The van der Waals surface area contributed by atoms with Gasteiger partial charge in [0.2, 0.25) is 0 Å². The zero-order valence-electron chi connectivity index (χ0n) is 59.0. The van der Waals surface area contributed by atoms with E-state index < -0.39 is 11.9 Å². The molecule has 0 spiro atoms. The van der Waals surface area contributed by atoms with Crippen molar-refractivity contribution in [3.63, 3.8) is 0 Å². The summed E-state index contributed by atoms with van der Waals surface area (Å²) in [5.74, 6) is 1.48. The number of Topliss-reactive ketones (excluding diaryl/α,β-unsaturated/α-hetero) is 1. The molecule has 0 amide bonds. The molecule has 18 nitrogen and oxygen atoms in total. The van der Waals surface area contributed by atoms with Crippen molar-refractivity contribution in [2.24, 2.45) is 27.8 Å². The van der Waals surface area contributed by atoms with Gasteiger partial charge in [0.1, 0.15) is 23.2 Å². The van der Waals surface area contributed by atoms with Gasteiger partial charge in [-0.2, -0.15) is 14.9 Å². The Balaban J connectivity index is 0.000000414. The van der Waals surface area contributed by atoms with Gasteiger partial charge in [0.05, 0.1) is 29.9 Å². The molecule has 90 heavy (non-hydrogen) atoms. The van der Waals surface area contributed by atoms with Gasteiger partial charge in [-0.15, -0.1) is 12.4 Å². The fourth-order valence-corrected chi connectivity index (χ4v) is 10.2. The Morgan fingerprint density at radius 3 is 1.57 bits per heavy atom. The van der Waals surface area contributed by atoms with Crippen LogP contribution >= 0.6 is 12.4 Å². The van der Waals surface area contributed by atoms with Crippen LogP contribution in [0.25, 0.3) is 5.65 Å². The van der Waals surface area contributed by atoms with Gasteiger partial charge in [-0.3, -0.25) is 29.4 Å². The average Bonchev–Trinajstić information content (AvgIpc) is 1.76. The third-order valence-corrected chi connectivity index (χ3v) is 15.8. The molecule has 0 bridgehead atoms. The fraction of sp³-hybridized carbons (Fsp3) is 0.592. The molecule has 1 aliphatic heterocycles. The molecular weight excluding hydrogens is 1150 g/mol. The lowest BCUT2D eigenvalue weighted by Gasteiger charge is -2.21. The first-order valence-corrected chi connectivity index (χ1v) is 33.0. The van der Waals surface area contributed by atoms with Crippen molar-refractivity contribution < 1.29 is 14.3 Å². The second-order valence-electron chi connectivity index (χ2n) is 24.9. The van der Waals surface area contributed by atoms with Crippen LogP contribution < -0.4 is 32.4 Å². The number of benzene rings is 2. The van der Waals surface area contributed by atoms with E-state index in [-0.39, 0.29) is 53.0 Å². The molecule has 7 rings (SSSR count). The number of carbonyl (C=O) groups excluding carboxylic acids is 2. The van der Waals surface area contributed by atoms with E-state index in [2.05, 4.69) is 178 Å². The van der Waals surface area contributed by atoms with Gasteiger partial charge >= 0.3 is 5.97 Å². The number of nitrogens with zero attached hydrogens (tertiary/aromatic N) is 9. The molecule has 500 valence electrons. The Bertz CT molecular complexity index is 3370. The molecule has 0 saturated carbocycles. The molecule has 0 radical (unpaired) electrons. The number of nitrogen functional groups attached to an aromatic ring is 2. The average molecular weight is 1270 g/mol. The molecule has 5 heterocycles. The molecule has 4 aromatic heterocycles. The SMILES string of the molecule is CC(C)c1cc(N)n[nH]1.CCCCC(C(=O)OC)C(=O)C(C)C.CCCCc1c(C(C)C)nc2cc(C(C)C)[nH]n2c1=O.CCCCc1c(C(C)C)nc2n(c1=O)N=C(C(C)C)C2=Nc1ccc(N(CC)CC)cc1C.CCN(CC)c1ccc(N)c(C)c1.Cl. The van der Waals surface area contributed by atoms with E-state index in [9.17, 15) is 19.2 Å². The lowest BCUT2D eigenvalue weighted by molar-refractivity contribution is -0.150. The number of hydrogen-bond donors (Lipinski definition) is 4. The number of anilines is 4. The lowest BCUT2D eigenvalue weighted by Crippen LogP contribution is -2.28. The van der Waals surface area contributed by atoms with Crippen LogP contribution in [-0.2, 0) is 27.2 Å². The molecule has 0 saturated heterocycles. The number of aromatic amines is 2. The number of aliphatic imine (C=N–C) groups is 1. The number of carbonyl (C=O) groups is 2. The minimum atomic E-state index is -0.556. The van der Waals surface area contributed by atoms with Crippen LogP contribution in [0.2, 0.25) is 0 Å². The first-order valence-electron chi connectivity index (χ1n) is 33.0. The number of nitrogens with one attached hydrogen (secondary N) is 2. The van der Waals surface area contributed by atoms with Gasteiger partial charge < -0.3 is 26.0 Å². The third kappa shape index (κ3) is 21.8. The topological polar surface area (TPSA) is 240 Å². The number of fused-ring (bicyclic) bond motifs is 2. The van der Waals surface area contributed by atoms with Gasteiger partial charge in [-0.1, -0.05) is 130 Å². The van der Waals surface area contributed by atoms with E-state index >= 15 is 0 Å². The monoisotopic (exact) mass is 1260 g/mol. The van der Waals surface area contributed by atoms with Crippen molar-refractivity contribution in [1.29, 1.82) is 0 Å². The van der Waals surface area contributed by atoms with E-state index in [1.807, 2.05) is 45.9 Å². The highest BCUT2D eigenvalue weighted by Gasteiger charge is 2.32. The number of nitrogens with two attached hydrogens (primary N) is 2. The lowest BCUT2D eigenvalue weighted by atomic mass is 9.91. The van der Waals surface area contributed by atoms with Crippen LogP contribution in [-0.4, -0.2) is 90.9 Å². The van der Waals surface area contributed by atoms with Crippen LogP contribution in [0.1, 0.15) is 251 Å². The Labute approximate surface area is 545 Å². The predicted molar refractivity (Wildman–Crippen MR) is 381 cm³/mol. The van der Waals surface area contributed by atoms with E-state index in [4.69, 9.17) is 31.5 Å². The van der Waals surface area contributed by atoms with Crippen LogP contribution in [0.3, 0.4) is 0 Å². The number of esters is 1. The minimum Gasteiger partial charge on any atom is -0.468 e. The van der Waals surface area contributed by atoms with E-state index in [0.29, 0.717) is 35.6 Å². The summed E-state index contributed by atoms with van der Waals surface area (Å²) >= 11 is 0.